The topological polar surface area (TPSA) is 157 Å². The molecule has 11 nitrogen and oxygen atoms in total. The van der Waals surface area contributed by atoms with E-state index in [0.29, 0.717) is 33.9 Å². The van der Waals surface area contributed by atoms with Crippen molar-refractivity contribution < 1.29 is 36.6 Å². The Labute approximate surface area is 262 Å². The summed E-state index contributed by atoms with van der Waals surface area (Å²) in [4.78, 5) is 25.4. The molecule has 0 aliphatic heterocycles. The molecule has 0 saturated carbocycles. The SMILES string of the molecule is COc1ccc(-c2oc(NC(=O)COC(=O)c3ccc(NS(=O)(=O)c4cccs4)cc3)c(C#N)c2-c2ccc(OC)cc2)cc1. The highest BCUT2D eigenvalue weighted by molar-refractivity contribution is 7.94. The highest BCUT2D eigenvalue weighted by Gasteiger charge is 2.25. The Balaban J connectivity index is 1.31. The van der Waals surface area contributed by atoms with Crippen molar-refractivity contribution in [2.45, 2.75) is 4.21 Å². The van der Waals surface area contributed by atoms with Crippen LogP contribution in [0.15, 0.2) is 98.9 Å². The fourth-order valence-corrected chi connectivity index (χ4v) is 6.33. The second-order valence-corrected chi connectivity index (χ2v) is 12.2. The minimum atomic E-state index is -3.75. The Morgan fingerprint density at radius 3 is 2.07 bits per heavy atom. The number of methoxy groups -OCH3 is 2. The Morgan fingerprint density at radius 1 is 0.889 bits per heavy atom. The van der Waals surface area contributed by atoms with Crippen LogP contribution in [-0.4, -0.2) is 41.1 Å². The van der Waals surface area contributed by atoms with E-state index in [-0.39, 0.29) is 26.9 Å². The molecule has 5 aromatic rings. The van der Waals surface area contributed by atoms with Crippen molar-refractivity contribution >= 4 is 44.8 Å². The molecule has 0 bridgehead atoms. The number of anilines is 2. The molecule has 0 spiro atoms. The van der Waals surface area contributed by atoms with Gasteiger partial charge in [-0.25, -0.2) is 13.2 Å². The van der Waals surface area contributed by atoms with E-state index in [2.05, 4.69) is 16.1 Å². The number of hydrogen-bond acceptors (Lipinski definition) is 10. The molecule has 5 rings (SSSR count). The zero-order valence-corrected chi connectivity index (χ0v) is 25.5. The minimum Gasteiger partial charge on any atom is -0.497 e. The van der Waals surface area contributed by atoms with Crippen molar-refractivity contribution in [3.8, 4) is 40.0 Å². The highest BCUT2D eigenvalue weighted by atomic mass is 32.2. The van der Waals surface area contributed by atoms with Crippen LogP contribution in [0.4, 0.5) is 11.6 Å². The fraction of sp³-hybridized carbons (Fsp3) is 0.0938. The molecule has 45 heavy (non-hydrogen) atoms. The van der Waals surface area contributed by atoms with Crippen molar-refractivity contribution in [1.82, 2.24) is 0 Å². The smallest absolute Gasteiger partial charge is 0.338 e. The number of amides is 1. The lowest BCUT2D eigenvalue weighted by Crippen LogP contribution is -2.21. The molecule has 13 heteroatoms. The van der Waals surface area contributed by atoms with Gasteiger partial charge in [0.05, 0.1) is 19.8 Å². The van der Waals surface area contributed by atoms with Crippen molar-refractivity contribution in [2.75, 3.05) is 30.9 Å². The number of ether oxygens (including phenoxy) is 3. The molecule has 0 radical (unpaired) electrons. The first-order valence-electron chi connectivity index (χ1n) is 13.2. The van der Waals surface area contributed by atoms with Crippen LogP contribution >= 0.6 is 11.3 Å². The Hall–Kier alpha value is -5.58. The number of hydrogen-bond donors (Lipinski definition) is 2. The Kier molecular flexibility index (Phi) is 9.17. The third-order valence-electron chi connectivity index (χ3n) is 6.47. The summed E-state index contributed by atoms with van der Waals surface area (Å²) in [6.45, 7) is -0.674. The average molecular weight is 644 g/mol. The van der Waals surface area contributed by atoms with E-state index in [1.807, 2.05) is 0 Å². The number of benzene rings is 3. The van der Waals surface area contributed by atoms with Crippen LogP contribution in [0, 0.1) is 11.3 Å². The van der Waals surface area contributed by atoms with Gasteiger partial charge in [-0.2, -0.15) is 5.26 Å². The standard InChI is InChI=1S/C32H25N3O8S2/c1-40-24-13-7-20(8-14-24)29-26(18-33)31(43-30(29)21-9-15-25(41-2)16-10-21)34-27(36)19-42-32(37)22-5-11-23(12-6-22)35-45(38,39)28-4-3-17-44-28/h3-17,35H,19H2,1-2H3,(H,34,36). The molecular weight excluding hydrogens is 618 g/mol. The largest absolute Gasteiger partial charge is 0.497 e. The number of nitrogens with one attached hydrogen (secondary N) is 2. The first-order chi connectivity index (χ1) is 21.7. The molecule has 0 fully saturated rings. The maximum Gasteiger partial charge on any atom is 0.338 e. The number of nitriles is 1. The molecule has 3 aromatic carbocycles. The minimum absolute atomic E-state index is 0.0752. The number of carbonyl (C=O) groups excluding carboxylic acids is 2. The number of nitrogens with zero attached hydrogens (tertiary/aromatic N) is 1. The lowest BCUT2D eigenvalue weighted by Gasteiger charge is -2.08. The second-order valence-electron chi connectivity index (χ2n) is 9.32. The van der Waals surface area contributed by atoms with E-state index >= 15 is 0 Å². The van der Waals surface area contributed by atoms with Gasteiger partial charge in [0, 0.05) is 16.8 Å². The fourth-order valence-electron chi connectivity index (χ4n) is 4.28. The lowest BCUT2D eigenvalue weighted by atomic mass is 9.98. The summed E-state index contributed by atoms with van der Waals surface area (Å²) >= 11 is 1.08. The van der Waals surface area contributed by atoms with Gasteiger partial charge >= 0.3 is 5.97 Å². The first-order valence-corrected chi connectivity index (χ1v) is 15.6. The van der Waals surface area contributed by atoms with E-state index in [9.17, 15) is 23.3 Å². The van der Waals surface area contributed by atoms with Gasteiger partial charge in [-0.3, -0.25) is 14.8 Å². The molecule has 0 atom stereocenters. The van der Waals surface area contributed by atoms with Crippen molar-refractivity contribution in [1.29, 1.82) is 5.26 Å². The molecule has 2 N–H and O–H groups in total. The van der Waals surface area contributed by atoms with E-state index in [1.165, 1.54) is 30.3 Å². The van der Waals surface area contributed by atoms with E-state index in [4.69, 9.17) is 18.6 Å². The van der Waals surface area contributed by atoms with Gasteiger partial charge in [-0.05, 0) is 77.7 Å². The molecular formula is C32H25N3O8S2. The monoisotopic (exact) mass is 643 g/mol. The molecule has 228 valence electrons. The Bertz CT molecular complexity index is 1960. The summed E-state index contributed by atoms with van der Waals surface area (Å²) in [6.07, 6.45) is 0. The molecule has 0 aliphatic rings. The number of furan rings is 1. The van der Waals surface area contributed by atoms with Gasteiger partial charge in [0.15, 0.2) is 6.61 Å². The lowest BCUT2D eigenvalue weighted by molar-refractivity contribution is -0.119. The van der Waals surface area contributed by atoms with E-state index in [1.54, 1.807) is 74.2 Å². The molecule has 0 saturated heterocycles. The van der Waals surface area contributed by atoms with Crippen LogP contribution in [0.25, 0.3) is 22.5 Å². The third kappa shape index (κ3) is 6.98. The molecule has 1 amide bonds. The molecule has 0 unspecified atom stereocenters. The quantitative estimate of drug-likeness (QED) is 0.161. The van der Waals surface area contributed by atoms with Gasteiger partial charge in [-0.15, -0.1) is 11.3 Å². The predicted octanol–water partition coefficient (Wildman–Crippen LogP) is 6.16. The number of thiophene rings is 1. The number of esters is 1. The predicted molar refractivity (Wildman–Crippen MR) is 168 cm³/mol. The van der Waals surface area contributed by atoms with Gasteiger partial charge in [0.25, 0.3) is 15.9 Å². The van der Waals surface area contributed by atoms with Crippen molar-refractivity contribution in [3.05, 3.63) is 101 Å². The first kappa shape index (κ1) is 30.9. The Morgan fingerprint density at radius 2 is 1.51 bits per heavy atom. The number of rotatable bonds is 11. The maximum atomic E-state index is 12.8. The van der Waals surface area contributed by atoms with E-state index in [0.717, 1.165) is 11.3 Å². The van der Waals surface area contributed by atoms with E-state index < -0.39 is 28.5 Å². The summed E-state index contributed by atoms with van der Waals surface area (Å²) < 4.78 is 49.1. The summed E-state index contributed by atoms with van der Waals surface area (Å²) in [5.74, 6) is -0.0796. The zero-order valence-electron chi connectivity index (χ0n) is 23.9. The summed E-state index contributed by atoms with van der Waals surface area (Å²) in [5, 5.41) is 14.3. The molecule has 0 aliphatic carbocycles. The normalized spacial score (nSPS) is 10.9. The average Bonchev–Trinajstić information content (AvgIpc) is 3.73. The number of sulfonamides is 1. The second kappa shape index (κ2) is 13.4. The van der Waals surface area contributed by atoms with Gasteiger partial charge in [0.2, 0.25) is 5.88 Å². The van der Waals surface area contributed by atoms with Crippen LogP contribution < -0.4 is 19.5 Å². The van der Waals surface area contributed by atoms with Crippen molar-refractivity contribution in [2.24, 2.45) is 0 Å². The summed E-state index contributed by atoms with van der Waals surface area (Å²) in [7, 11) is -0.655. The molecule has 2 heterocycles. The van der Waals surface area contributed by atoms with Crippen molar-refractivity contribution in [3.63, 3.8) is 0 Å². The zero-order chi connectivity index (χ0) is 32.0. The highest BCUT2D eigenvalue weighted by Crippen LogP contribution is 2.42. The van der Waals surface area contributed by atoms with Crippen LogP contribution in [0.1, 0.15) is 15.9 Å². The van der Waals surface area contributed by atoms with Gasteiger partial charge < -0.3 is 18.6 Å². The van der Waals surface area contributed by atoms with Crippen LogP contribution in [-0.2, 0) is 19.6 Å². The maximum absolute atomic E-state index is 12.8. The van der Waals surface area contributed by atoms with Crippen LogP contribution in [0.2, 0.25) is 0 Å². The number of carbonyl (C=O) groups is 2. The van der Waals surface area contributed by atoms with Crippen LogP contribution in [0.3, 0.4) is 0 Å². The summed E-state index contributed by atoms with van der Waals surface area (Å²) in [6, 6.07) is 24.8. The third-order valence-corrected chi connectivity index (χ3v) is 9.25. The van der Waals surface area contributed by atoms with Gasteiger partial charge in [-0.1, -0.05) is 18.2 Å². The van der Waals surface area contributed by atoms with Gasteiger partial charge in [0.1, 0.15) is 33.1 Å². The molecule has 2 aromatic heterocycles. The van der Waals surface area contributed by atoms with Crippen LogP contribution in [0.5, 0.6) is 11.5 Å². The summed E-state index contributed by atoms with van der Waals surface area (Å²) in [5.41, 5.74) is 2.15.